The lowest BCUT2D eigenvalue weighted by Crippen LogP contribution is -2.15. The topological polar surface area (TPSA) is 38.0 Å². The van der Waals surface area contributed by atoms with Crippen molar-refractivity contribution in [1.29, 1.82) is 0 Å². The SMILES string of the molecule is C=C(N)NC(=C)SCc1ccc(Cl)c(Cl)c1. The Hall–Kier alpha value is -0.770. The highest BCUT2D eigenvalue weighted by Gasteiger charge is 2.01. The van der Waals surface area contributed by atoms with Crippen LogP contribution in [0.3, 0.4) is 0 Å². The molecule has 0 bridgehead atoms. The van der Waals surface area contributed by atoms with E-state index in [1.165, 1.54) is 11.8 Å². The zero-order valence-corrected chi connectivity index (χ0v) is 10.9. The first-order chi connectivity index (χ1) is 7.49. The highest BCUT2D eigenvalue weighted by Crippen LogP contribution is 2.26. The molecule has 86 valence electrons. The Morgan fingerprint density at radius 1 is 1.31 bits per heavy atom. The van der Waals surface area contributed by atoms with Crippen LogP contribution in [0.25, 0.3) is 0 Å². The van der Waals surface area contributed by atoms with E-state index in [0.717, 1.165) is 16.3 Å². The molecule has 0 aliphatic carbocycles. The fraction of sp³-hybridized carbons (Fsp3) is 0.0909. The molecule has 0 saturated carbocycles. The van der Waals surface area contributed by atoms with E-state index in [2.05, 4.69) is 18.5 Å². The second-order valence-electron chi connectivity index (χ2n) is 3.11. The van der Waals surface area contributed by atoms with E-state index in [4.69, 9.17) is 28.9 Å². The van der Waals surface area contributed by atoms with Gasteiger partial charge in [0.1, 0.15) is 0 Å². The highest BCUT2D eigenvalue weighted by molar-refractivity contribution is 8.02. The van der Waals surface area contributed by atoms with Crippen LogP contribution in [-0.2, 0) is 5.75 Å². The van der Waals surface area contributed by atoms with Crippen molar-refractivity contribution in [2.24, 2.45) is 5.73 Å². The number of hydrogen-bond acceptors (Lipinski definition) is 3. The Morgan fingerprint density at radius 3 is 2.56 bits per heavy atom. The predicted molar refractivity (Wildman–Crippen MR) is 73.4 cm³/mol. The summed E-state index contributed by atoms with van der Waals surface area (Å²) in [6.45, 7) is 7.33. The Balaban J connectivity index is 2.51. The molecule has 2 nitrogen and oxygen atoms in total. The van der Waals surface area contributed by atoms with Gasteiger partial charge in [0.2, 0.25) is 0 Å². The van der Waals surface area contributed by atoms with Gasteiger partial charge in [-0.05, 0) is 17.7 Å². The standard InChI is InChI=1S/C11H12Cl2N2S/c1-7(14)15-8(2)16-6-9-3-4-10(12)11(13)5-9/h3-5,15H,1-2,6,14H2. The van der Waals surface area contributed by atoms with Crippen LogP contribution in [0.1, 0.15) is 5.56 Å². The molecule has 3 N–H and O–H groups in total. The molecule has 0 fully saturated rings. The van der Waals surface area contributed by atoms with E-state index in [1.54, 1.807) is 6.07 Å². The van der Waals surface area contributed by atoms with Gasteiger partial charge in [-0.15, -0.1) is 11.8 Å². The zero-order valence-electron chi connectivity index (χ0n) is 8.59. The summed E-state index contributed by atoms with van der Waals surface area (Å²) in [5.41, 5.74) is 6.46. The van der Waals surface area contributed by atoms with Crippen LogP contribution in [0.4, 0.5) is 0 Å². The van der Waals surface area contributed by atoms with Gasteiger partial charge in [0.15, 0.2) is 0 Å². The largest absolute Gasteiger partial charge is 0.386 e. The van der Waals surface area contributed by atoms with Gasteiger partial charge in [0.05, 0.1) is 20.9 Å². The fourth-order valence-corrected chi connectivity index (χ4v) is 2.06. The Kier molecular flexibility index (Phi) is 5.06. The second kappa shape index (κ2) is 6.09. The summed E-state index contributed by atoms with van der Waals surface area (Å²) in [6.07, 6.45) is 0. The van der Waals surface area contributed by atoms with Crippen LogP contribution < -0.4 is 11.1 Å². The van der Waals surface area contributed by atoms with Crippen molar-refractivity contribution >= 4 is 35.0 Å². The predicted octanol–water partition coefficient (Wildman–Crippen LogP) is 3.72. The van der Waals surface area contributed by atoms with Crippen molar-refractivity contribution in [3.8, 4) is 0 Å². The first-order valence-corrected chi connectivity index (χ1v) is 6.20. The molecular formula is C11H12Cl2N2S. The van der Waals surface area contributed by atoms with E-state index in [0.29, 0.717) is 15.9 Å². The number of halogens is 2. The molecule has 1 rings (SSSR count). The van der Waals surface area contributed by atoms with Crippen LogP contribution in [0.2, 0.25) is 10.0 Å². The number of nitrogens with one attached hydrogen (secondary N) is 1. The van der Waals surface area contributed by atoms with Crippen molar-refractivity contribution in [2.75, 3.05) is 0 Å². The maximum atomic E-state index is 5.90. The van der Waals surface area contributed by atoms with E-state index >= 15 is 0 Å². The van der Waals surface area contributed by atoms with Gasteiger partial charge in [0, 0.05) is 5.75 Å². The maximum Gasteiger partial charge on any atom is 0.0934 e. The monoisotopic (exact) mass is 274 g/mol. The highest BCUT2D eigenvalue weighted by atomic mass is 35.5. The molecule has 0 saturated heterocycles. The van der Waals surface area contributed by atoms with Crippen LogP contribution in [-0.4, -0.2) is 0 Å². The van der Waals surface area contributed by atoms with Gasteiger partial charge < -0.3 is 11.1 Å². The molecule has 0 radical (unpaired) electrons. The van der Waals surface area contributed by atoms with Crippen molar-refractivity contribution < 1.29 is 0 Å². The normalized spacial score (nSPS) is 9.88. The lowest BCUT2D eigenvalue weighted by molar-refractivity contribution is 1.02. The lowest BCUT2D eigenvalue weighted by atomic mass is 10.2. The minimum absolute atomic E-state index is 0.381. The molecule has 1 aromatic rings. The van der Waals surface area contributed by atoms with Crippen molar-refractivity contribution in [3.05, 3.63) is 57.8 Å². The van der Waals surface area contributed by atoms with E-state index in [9.17, 15) is 0 Å². The molecule has 0 heterocycles. The summed E-state index contributed by atoms with van der Waals surface area (Å²) in [4.78, 5) is 0. The number of hydrogen-bond donors (Lipinski definition) is 2. The lowest BCUT2D eigenvalue weighted by Gasteiger charge is -2.08. The summed E-state index contributed by atoms with van der Waals surface area (Å²) in [7, 11) is 0. The third-order valence-electron chi connectivity index (χ3n) is 1.70. The number of benzene rings is 1. The van der Waals surface area contributed by atoms with Gasteiger partial charge in [-0.1, -0.05) is 42.4 Å². The second-order valence-corrected chi connectivity index (χ2v) is 5.00. The smallest absolute Gasteiger partial charge is 0.0934 e. The molecule has 0 atom stereocenters. The van der Waals surface area contributed by atoms with Crippen molar-refractivity contribution in [2.45, 2.75) is 5.75 Å². The molecule has 1 aromatic carbocycles. The van der Waals surface area contributed by atoms with Gasteiger partial charge >= 0.3 is 0 Å². The van der Waals surface area contributed by atoms with E-state index in [1.807, 2.05) is 12.1 Å². The molecular weight excluding hydrogens is 263 g/mol. The number of thioether (sulfide) groups is 1. The van der Waals surface area contributed by atoms with Crippen LogP contribution in [0.5, 0.6) is 0 Å². The molecule has 16 heavy (non-hydrogen) atoms. The molecule has 0 aliphatic rings. The van der Waals surface area contributed by atoms with Gasteiger partial charge in [-0.2, -0.15) is 0 Å². The number of rotatable bonds is 5. The minimum atomic E-state index is 0.381. The average Bonchev–Trinajstić information content (AvgIpc) is 2.19. The van der Waals surface area contributed by atoms with E-state index < -0.39 is 0 Å². The summed E-state index contributed by atoms with van der Waals surface area (Å²) in [5, 5.41) is 4.70. The molecule has 0 unspecified atom stereocenters. The third-order valence-corrected chi connectivity index (χ3v) is 3.36. The first kappa shape index (κ1) is 13.3. The molecule has 0 spiro atoms. The van der Waals surface area contributed by atoms with Crippen molar-refractivity contribution in [3.63, 3.8) is 0 Å². The molecule has 0 amide bonds. The van der Waals surface area contributed by atoms with Crippen molar-refractivity contribution in [1.82, 2.24) is 5.32 Å². The van der Waals surface area contributed by atoms with Gasteiger partial charge in [-0.3, -0.25) is 0 Å². The Labute approximate surface area is 109 Å². The van der Waals surface area contributed by atoms with E-state index in [-0.39, 0.29) is 0 Å². The zero-order chi connectivity index (χ0) is 12.1. The molecule has 0 aromatic heterocycles. The Morgan fingerprint density at radius 2 is 2.00 bits per heavy atom. The quantitative estimate of drug-likeness (QED) is 0.860. The van der Waals surface area contributed by atoms with Gasteiger partial charge in [0.25, 0.3) is 0 Å². The maximum absolute atomic E-state index is 5.90. The van der Waals surface area contributed by atoms with Crippen LogP contribution in [0, 0.1) is 0 Å². The summed E-state index contributed by atoms with van der Waals surface area (Å²) in [6, 6.07) is 5.53. The third kappa shape index (κ3) is 4.39. The van der Waals surface area contributed by atoms with Crippen LogP contribution in [0.15, 0.2) is 42.2 Å². The fourth-order valence-electron chi connectivity index (χ4n) is 1.02. The first-order valence-electron chi connectivity index (χ1n) is 4.46. The molecule has 0 aliphatic heterocycles. The van der Waals surface area contributed by atoms with Crippen LogP contribution >= 0.6 is 35.0 Å². The van der Waals surface area contributed by atoms with Gasteiger partial charge in [-0.25, -0.2) is 0 Å². The minimum Gasteiger partial charge on any atom is -0.386 e. The summed E-state index contributed by atoms with van der Waals surface area (Å²) >= 11 is 13.2. The summed E-state index contributed by atoms with van der Waals surface area (Å²) in [5.74, 6) is 1.13. The Bertz CT molecular complexity index is 418. The number of nitrogens with two attached hydrogens (primary N) is 1. The molecule has 5 heteroatoms. The average molecular weight is 275 g/mol. The summed E-state index contributed by atoms with van der Waals surface area (Å²) < 4.78 is 0.